The van der Waals surface area contributed by atoms with Crippen molar-refractivity contribution in [3.63, 3.8) is 0 Å². The summed E-state index contributed by atoms with van der Waals surface area (Å²) in [4.78, 5) is 17.4. The summed E-state index contributed by atoms with van der Waals surface area (Å²) < 4.78 is 0.853. The van der Waals surface area contributed by atoms with E-state index in [9.17, 15) is 10.1 Å². The molecule has 0 saturated carbocycles. The maximum absolute atomic E-state index is 10.8. The SMILES string of the molecule is O=[N+]([O-])c1ccc2nc(NCCN3CCCCCC3)sc2c1. The number of nitro benzene ring substituents is 1. The lowest BCUT2D eigenvalue weighted by Gasteiger charge is -2.19. The summed E-state index contributed by atoms with van der Waals surface area (Å²) in [5, 5.41) is 15.0. The van der Waals surface area contributed by atoms with Gasteiger partial charge in [0, 0.05) is 25.2 Å². The molecule has 0 radical (unpaired) electrons. The van der Waals surface area contributed by atoms with Crippen LogP contribution in [0.25, 0.3) is 10.2 Å². The van der Waals surface area contributed by atoms with Crippen LogP contribution in [-0.2, 0) is 0 Å². The Kier molecular flexibility index (Phi) is 4.84. The van der Waals surface area contributed by atoms with Crippen molar-refractivity contribution >= 4 is 32.4 Å². The van der Waals surface area contributed by atoms with Gasteiger partial charge in [-0.15, -0.1) is 0 Å². The normalized spacial score (nSPS) is 16.5. The van der Waals surface area contributed by atoms with Crippen LogP contribution >= 0.6 is 11.3 Å². The molecule has 6 nitrogen and oxygen atoms in total. The van der Waals surface area contributed by atoms with Crippen LogP contribution in [0.1, 0.15) is 25.7 Å². The Morgan fingerprint density at radius 3 is 2.77 bits per heavy atom. The van der Waals surface area contributed by atoms with Gasteiger partial charge in [0.15, 0.2) is 5.13 Å². The van der Waals surface area contributed by atoms with E-state index in [1.165, 1.54) is 56.2 Å². The van der Waals surface area contributed by atoms with E-state index in [4.69, 9.17) is 0 Å². The van der Waals surface area contributed by atoms with Gasteiger partial charge >= 0.3 is 0 Å². The fraction of sp³-hybridized carbons (Fsp3) is 0.533. The molecule has 0 spiro atoms. The average Bonchev–Trinajstić information content (AvgIpc) is 2.72. The molecule has 1 aliphatic rings. The van der Waals surface area contributed by atoms with Crippen molar-refractivity contribution in [2.24, 2.45) is 0 Å². The Morgan fingerprint density at radius 2 is 2.05 bits per heavy atom. The van der Waals surface area contributed by atoms with E-state index in [1.54, 1.807) is 12.1 Å². The molecule has 0 amide bonds. The van der Waals surface area contributed by atoms with Crippen molar-refractivity contribution in [1.29, 1.82) is 0 Å². The van der Waals surface area contributed by atoms with Crippen molar-refractivity contribution in [2.45, 2.75) is 25.7 Å². The van der Waals surface area contributed by atoms with Gasteiger partial charge in [0.2, 0.25) is 0 Å². The third-order valence-corrected chi connectivity index (χ3v) is 4.96. The van der Waals surface area contributed by atoms with Crippen molar-refractivity contribution in [3.05, 3.63) is 28.3 Å². The zero-order valence-electron chi connectivity index (χ0n) is 12.5. The number of aromatic nitrogens is 1. The molecule has 0 bridgehead atoms. The number of nitro groups is 1. The molecular weight excluding hydrogens is 300 g/mol. The van der Waals surface area contributed by atoms with Gasteiger partial charge in [0.05, 0.1) is 15.1 Å². The first-order valence-electron chi connectivity index (χ1n) is 7.73. The molecule has 2 heterocycles. The maximum atomic E-state index is 10.8. The first-order valence-corrected chi connectivity index (χ1v) is 8.55. The van der Waals surface area contributed by atoms with Crippen LogP contribution in [0.3, 0.4) is 0 Å². The summed E-state index contributed by atoms with van der Waals surface area (Å²) in [5.74, 6) is 0. The molecule has 0 unspecified atom stereocenters. The summed E-state index contributed by atoms with van der Waals surface area (Å²) in [5.41, 5.74) is 0.931. The molecule has 1 N–H and O–H groups in total. The van der Waals surface area contributed by atoms with E-state index in [0.29, 0.717) is 0 Å². The fourth-order valence-electron chi connectivity index (χ4n) is 2.78. The fourth-order valence-corrected chi connectivity index (χ4v) is 3.71. The van der Waals surface area contributed by atoms with E-state index in [0.717, 1.165) is 28.4 Å². The van der Waals surface area contributed by atoms with E-state index in [1.807, 2.05) is 0 Å². The zero-order valence-corrected chi connectivity index (χ0v) is 13.3. The summed E-state index contributed by atoms with van der Waals surface area (Å²) in [6, 6.07) is 4.81. The van der Waals surface area contributed by atoms with Gasteiger partial charge in [0.25, 0.3) is 5.69 Å². The molecule has 1 aromatic heterocycles. The lowest BCUT2D eigenvalue weighted by molar-refractivity contribution is -0.384. The lowest BCUT2D eigenvalue weighted by Crippen LogP contribution is -2.29. The van der Waals surface area contributed by atoms with Gasteiger partial charge in [-0.1, -0.05) is 24.2 Å². The molecule has 7 heteroatoms. The quantitative estimate of drug-likeness (QED) is 0.674. The molecule has 1 aromatic carbocycles. The second-order valence-corrected chi connectivity index (χ2v) is 6.64. The van der Waals surface area contributed by atoms with Crippen LogP contribution in [0, 0.1) is 10.1 Å². The van der Waals surface area contributed by atoms with E-state index in [-0.39, 0.29) is 10.6 Å². The number of nitrogens with zero attached hydrogens (tertiary/aromatic N) is 3. The molecule has 22 heavy (non-hydrogen) atoms. The van der Waals surface area contributed by atoms with Crippen molar-refractivity contribution < 1.29 is 4.92 Å². The van der Waals surface area contributed by atoms with Gasteiger partial charge < -0.3 is 10.2 Å². The second kappa shape index (κ2) is 7.02. The number of hydrogen-bond donors (Lipinski definition) is 1. The highest BCUT2D eigenvalue weighted by atomic mass is 32.1. The van der Waals surface area contributed by atoms with Crippen molar-refractivity contribution in [1.82, 2.24) is 9.88 Å². The van der Waals surface area contributed by atoms with Gasteiger partial charge in [-0.05, 0) is 32.0 Å². The van der Waals surface area contributed by atoms with Crippen molar-refractivity contribution in [2.75, 3.05) is 31.5 Å². The number of hydrogen-bond acceptors (Lipinski definition) is 6. The monoisotopic (exact) mass is 320 g/mol. The second-order valence-electron chi connectivity index (χ2n) is 5.61. The standard InChI is InChI=1S/C15H20N4O2S/c20-19(21)12-5-6-13-14(11-12)22-15(17-13)16-7-10-18-8-3-1-2-4-9-18/h5-6,11H,1-4,7-10H2,(H,16,17). The van der Waals surface area contributed by atoms with Crippen LogP contribution in [-0.4, -0.2) is 41.0 Å². The molecule has 2 aromatic rings. The minimum atomic E-state index is -0.369. The van der Waals surface area contributed by atoms with Crippen molar-refractivity contribution in [3.8, 4) is 0 Å². The molecule has 0 atom stereocenters. The Balaban J connectivity index is 1.58. The minimum Gasteiger partial charge on any atom is -0.360 e. The number of anilines is 1. The maximum Gasteiger partial charge on any atom is 0.270 e. The first kappa shape index (κ1) is 15.2. The number of likely N-dealkylation sites (tertiary alicyclic amines) is 1. The first-order chi connectivity index (χ1) is 10.7. The minimum absolute atomic E-state index is 0.118. The van der Waals surface area contributed by atoms with Crippen LogP contribution < -0.4 is 5.32 Å². The zero-order chi connectivity index (χ0) is 15.4. The number of rotatable bonds is 5. The number of fused-ring (bicyclic) bond motifs is 1. The Hall–Kier alpha value is -1.73. The predicted molar refractivity (Wildman–Crippen MR) is 89.7 cm³/mol. The van der Waals surface area contributed by atoms with E-state index in [2.05, 4.69) is 15.2 Å². The van der Waals surface area contributed by atoms with Crippen LogP contribution in [0.4, 0.5) is 10.8 Å². The summed E-state index contributed by atoms with van der Waals surface area (Å²) in [7, 11) is 0. The largest absolute Gasteiger partial charge is 0.360 e. The van der Waals surface area contributed by atoms with Gasteiger partial charge in [-0.2, -0.15) is 0 Å². The van der Waals surface area contributed by atoms with Crippen LogP contribution in [0.5, 0.6) is 0 Å². The summed E-state index contributed by atoms with van der Waals surface area (Å²) in [6.45, 7) is 4.26. The highest BCUT2D eigenvalue weighted by Crippen LogP contribution is 2.28. The van der Waals surface area contributed by atoms with Gasteiger partial charge in [-0.25, -0.2) is 4.98 Å². The molecule has 1 saturated heterocycles. The smallest absolute Gasteiger partial charge is 0.270 e. The molecule has 118 valence electrons. The molecule has 1 fully saturated rings. The number of non-ortho nitro benzene ring substituents is 1. The number of nitrogens with one attached hydrogen (secondary N) is 1. The third-order valence-electron chi connectivity index (χ3n) is 3.99. The molecule has 1 aliphatic heterocycles. The third kappa shape index (κ3) is 3.72. The van der Waals surface area contributed by atoms with E-state index < -0.39 is 0 Å². The number of benzene rings is 1. The summed E-state index contributed by atoms with van der Waals surface area (Å²) in [6.07, 6.45) is 5.29. The highest BCUT2D eigenvalue weighted by Gasteiger charge is 2.11. The van der Waals surface area contributed by atoms with Gasteiger partial charge in [-0.3, -0.25) is 10.1 Å². The molecular formula is C15H20N4O2S. The Labute approximate surface area is 133 Å². The Morgan fingerprint density at radius 1 is 1.27 bits per heavy atom. The van der Waals surface area contributed by atoms with Crippen LogP contribution in [0.2, 0.25) is 0 Å². The van der Waals surface area contributed by atoms with Gasteiger partial charge in [0.1, 0.15) is 0 Å². The summed E-state index contributed by atoms with van der Waals surface area (Å²) >= 11 is 1.47. The van der Waals surface area contributed by atoms with E-state index >= 15 is 0 Å². The lowest BCUT2D eigenvalue weighted by atomic mass is 10.2. The predicted octanol–water partition coefficient (Wildman–Crippen LogP) is 3.49. The topological polar surface area (TPSA) is 71.3 Å². The highest BCUT2D eigenvalue weighted by molar-refractivity contribution is 7.22. The number of thiazole rings is 1. The molecule has 3 rings (SSSR count). The Bertz CT molecular complexity index is 650. The average molecular weight is 320 g/mol. The van der Waals surface area contributed by atoms with Crippen LogP contribution in [0.15, 0.2) is 18.2 Å². The molecule has 0 aliphatic carbocycles.